The summed E-state index contributed by atoms with van der Waals surface area (Å²) < 4.78 is 5.07. The third-order valence-corrected chi connectivity index (χ3v) is 2.36. The maximum atomic E-state index is 11.6. The quantitative estimate of drug-likeness (QED) is 0.510. The van der Waals surface area contributed by atoms with Gasteiger partial charge in [-0.05, 0) is 13.3 Å². The van der Waals surface area contributed by atoms with Crippen LogP contribution in [-0.2, 0) is 14.3 Å². The topological polar surface area (TPSA) is 116 Å². The van der Waals surface area contributed by atoms with Gasteiger partial charge in [0.05, 0.1) is 6.61 Å². The molecule has 3 N–H and O–H groups in total. The molecule has 1 atom stereocenters. The first-order valence-corrected chi connectivity index (χ1v) is 5.92. The Morgan fingerprint density at radius 2 is 1.95 bits per heavy atom. The first-order valence-electron chi connectivity index (χ1n) is 5.92. The van der Waals surface area contributed by atoms with Crippen molar-refractivity contribution in [1.82, 2.24) is 10.2 Å². The van der Waals surface area contributed by atoms with Crippen LogP contribution in [0.4, 0.5) is 4.79 Å². The molecule has 8 nitrogen and oxygen atoms in total. The van der Waals surface area contributed by atoms with E-state index in [9.17, 15) is 14.4 Å². The number of nitrogens with one attached hydrogen (secondary N) is 1. The van der Waals surface area contributed by atoms with E-state index in [1.54, 1.807) is 0 Å². The average molecular weight is 276 g/mol. The highest BCUT2D eigenvalue weighted by Crippen LogP contribution is 1.99. The Morgan fingerprint density at radius 1 is 1.32 bits per heavy atom. The van der Waals surface area contributed by atoms with Crippen molar-refractivity contribution in [1.29, 1.82) is 0 Å². The van der Waals surface area contributed by atoms with Crippen LogP contribution in [0.5, 0.6) is 0 Å². The zero-order valence-electron chi connectivity index (χ0n) is 11.1. The fourth-order valence-corrected chi connectivity index (χ4v) is 1.23. The molecule has 0 aliphatic carbocycles. The summed E-state index contributed by atoms with van der Waals surface area (Å²) in [7, 11) is 1.50. The number of carboxylic acids is 2. The van der Waals surface area contributed by atoms with E-state index >= 15 is 0 Å². The van der Waals surface area contributed by atoms with Crippen molar-refractivity contribution >= 4 is 18.0 Å². The molecule has 0 aromatic carbocycles. The van der Waals surface area contributed by atoms with Gasteiger partial charge in [0.1, 0.15) is 6.04 Å². The molecule has 0 saturated heterocycles. The highest BCUT2D eigenvalue weighted by atomic mass is 16.5. The summed E-state index contributed by atoms with van der Waals surface area (Å²) in [6, 6.07) is -1.78. The number of amides is 2. The van der Waals surface area contributed by atoms with Gasteiger partial charge in [-0.25, -0.2) is 9.59 Å². The zero-order chi connectivity index (χ0) is 14.8. The summed E-state index contributed by atoms with van der Waals surface area (Å²) in [4.78, 5) is 34.2. The van der Waals surface area contributed by atoms with Crippen LogP contribution in [0.15, 0.2) is 0 Å². The lowest BCUT2D eigenvalue weighted by Crippen LogP contribution is -2.47. The van der Waals surface area contributed by atoms with E-state index < -0.39 is 24.0 Å². The van der Waals surface area contributed by atoms with Gasteiger partial charge in [0.25, 0.3) is 0 Å². The van der Waals surface area contributed by atoms with Crippen molar-refractivity contribution in [2.45, 2.75) is 25.8 Å². The predicted molar refractivity (Wildman–Crippen MR) is 65.9 cm³/mol. The normalized spacial score (nSPS) is 11.7. The molecule has 0 heterocycles. The van der Waals surface area contributed by atoms with Crippen molar-refractivity contribution in [3.05, 3.63) is 0 Å². The van der Waals surface area contributed by atoms with E-state index in [2.05, 4.69) is 5.32 Å². The second kappa shape index (κ2) is 9.15. The average Bonchev–Trinajstić information content (AvgIpc) is 2.33. The molecular weight excluding hydrogens is 256 g/mol. The summed E-state index contributed by atoms with van der Waals surface area (Å²) in [5, 5.41) is 19.6. The minimum atomic E-state index is -1.26. The van der Waals surface area contributed by atoms with E-state index in [-0.39, 0.29) is 12.8 Å². The van der Waals surface area contributed by atoms with Crippen LogP contribution in [0.2, 0.25) is 0 Å². The Labute approximate surface area is 111 Å². The molecule has 0 aliphatic rings. The first kappa shape index (κ1) is 17.2. The summed E-state index contributed by atoms with van der Waals surface area (Å²) in [6.07, 6.45) is -0.477. The van der Waals surface area contributed by atoms with Gasteiger partial charge in [0.2, 0.25) is 0 Å². The highest BCUT2D eigenvalue weighted by molar-refractivity contribution is 5.82. The standard InChI is InChI=1S/C11H20N2O6/c1-3-19-7-6-13(2)11(18)12-8(10(16)17)4-5-9(14)15/h8H,3-7H2,1-2H3,(H,12,18)(H,14,15)(H,16,17)/t8-/m0/s1. The number of hydrogen-bond donors (Lipinski definition) is 3. The summed E-state index contributed by atoms with van der Waals surface area (Å²) in [6.45, 7) is 3.04. The Kier molecular flexibility index (Phi) is 8.27. The van der Waals surface area contributed by atoms with Gasteiger partial charge in [-0.3, -0.25) is 4.79 Å². The lowest BCUT2D eigenvalue weighted by atomic mass is 10.1. The lowest BCUT2D eigenvalue weighted by Gasteiger charge is -2.21. The van der Waals surface area contributed by atoms with Crippen molar-refractivity contribution in [3.8, 4) is 0 Å². The largest absolute Gasteiger partial charge is 0.481 e. The summed E-state index contributed by atoms with van der Waals surface area (Å²) in [5.74, 6) is -2.36. The number of rotatable bonds is 9. The number of ether oxygens (including phenoxy) is 1. The molecule has 0 bridgehead atoms. The van der Waals surface area contributed by atoms with Crippen LogP contribution in [0, 0.1) is 0 Å². The van der Waals surface area contributed by atoms with Crippen LogP contribution >= 0.6 is 0 Å². The van der Waals surface area contributed by atoms with Gasteiger partial charge >= 0.3 is 18.0 Å². The predicted octanol–water partition coefficient (Wildman–Crippen LogP) is -0.0177. The molecule has 8 heteroatoms. The first-order chi connectivity index (χ1) is 8.88. The number of likely N-dealkylation sites (N-methyl/N-ethyl adjacent to an activating group) is 1. The maximum Gasteiger partial charge on any atom is 0.326 e. The minimum Gasteiger partial charge on any atom is -0.481 e. The second-order valence-corrected chi connectivity index (χ2v) is 3.89. The van der Waals surface area contributed by atoms with Gasteiger partial charge in [-0.2, -0.15) is 0 Å². The number of aliphatic carboxylic acids is 2. The fraction of sp³-hybridized carbons (Fsp3) is 0.727. The molecule has 0 radical (unpaired) electrons. The molecule has 110 valence electrons. The molecule has 0 saturated carbocycles. The monoisotopic (exact) mass is 276 g/mol. The number of nitrogens with zero attached hydrogens (tertiary/aromatic N) is 1. The molecule has 2 amide bonds. The molecule has 0 spiro atoms. The fourth-order valence-electron chi connectivity index (χ4n) is 1.23. The second-order valence-electron chi connectivity index (χ2n) is 3.89. The molecule has 0 rings (SSSR count). The smallest absolute Gasteiger partial charge is 0.326 e. The van der Waals surface area contributed by atoms with Gasteiger partial charge in [0, 0.05) is 26.6 Å². The third kappa shape index (κ3) is 7.98. The number of hydrogen-bond acceptors (Lipinski definition) is 4. The SMILES string of the molecule is CCOCCN(C)C(=O)N[C@@H](CCC(=O)O)C(=O)O. The van der Waals surface area contributed by atoms with Gasteiger partial charge in [-0.15, -0.1) is 0 Å². The highest BCUT2D eigenvalue weighted by Gasteiger charge is 2.22. The molecule has 0 aliphatic heterocycles. The van der Waals surface area contributed by atoms with Crippen LogP contribution in [0.3, 0.4) is 0 Å². The number of urea groups is 1. The van der Waals surface area contributed by atoms with Gasteiger partial charge in [0.15, 0.2) is 0 Å². The summed E-state index contributed by atoms with van der Waals surface area (Å²) in [5.41, 5.74) is 0. The van der Waals surface area contributed by atoms with Gasteiger partial charge < -0.3 is 25.2 Å². The van der Waals surface area contributed by atoms with Crippen molar-refractivity contribution < 1.29 is 29.3 Å². The van der Waals surface area contributed by atoms with E-state index in [0.29, 0.717) is 19.8 Å². The lowest BCUT2D eigenvalue weighted by molar-refractivity contribution is -0.140. The molecule has 19 heavy (non-hydrogen) atoms. The van der Waals surface area contributed by atoms with Crippen LogP contribution in [-0.4, -0.2) is 65.9 Å². The molecule has 0 aromatic rings. The Hall–Kier alpha value is -1.83. The molecule has 0 fully saturated rings. The van der Waals surface area contributed by atoms with E-state index in [1.807, 2.05) is 6.92 Å². The van der Waals surface area contributed by atoms with E-state index in [4.69, 9.17) is 14.9 Å². The van der Waals surface area contributed by atoms with Gasteiger partial charge in [-0.1, -0.05) is 0 Å². The van der Waals surface area contributed by atoms with Crippen molar-refractivity contribution in [2.75, 3.05) is 26.8 Å². The minimum absolute atomic E-state index is 0.157. The third-order valence-electron chi connectivity index (χ3n) is 2.36. The van der Waals surface area contributed by atoms with Crippen LogP contribution in [0.1, 0.15) is 19.8 Å². The van der Waals surface area contributed by atoms with Crippen molar-refractivity contribution in [2.24, 2.45) is 0 Å². The Bertz CT molecular complexity index is 320. The Morgan fingerprint density at radius 3 is 2.42 bits per heavy atom. The maximum absolute atomic E-state index is 11.6. The molecule has 0 unspecified atom stereocenters. The number of carbonyl (C=O) groups excluding carboxylic acids is 1. The van der Waals surface area contributed by atoms with E-state index in [0.717, 1.165) is 0 Å². The van der Waals surface area contributed by atoms with Crippen LogP contribution < -0.4 is 5.32 Å². The zero-order valence-corrected chi connectivity index (χ0v) is 11.1. The molecule has 0 aromatic heterocycles. The molecular formula is C11H20N2O6. The Balaban J connectivity index is 4.22. The number of carboxylic acid groups (broad SMARTS) is 2. The number of carbonyl (C=O) groups is 3. The van der Waals surface area contributed by atoms with Crippen molar-refractivity contribution in [3.63, 3.8) is 0 Å². The van der Waals surface area contributed by atoms with E-state index in [1.165, 1.54) is 11.9 Å². The van der Waals surface area contributed by atoms with Crippen LogP contribution in [0.25, 0.3) is 0 Å². The summed E-state index contributed by atoms with van der Waals surface area (Å²) >= 11 is 0.